The highest BCUT2D eigenvalue weighted by Crippen LogP contribution is 2.15. The molecule has 0 aromatic heterocycles. The highest BCUT2D eigenvalue weighted by Gasteiger charge is 2.21. The minimum absolute atomic E-state index is 0.809. The first kappa shape index (κ1) is 14.6. The van der Waals surface area contributed by atoms with Crippen molar-refractivity contribution >= 4 is 18.6 Å². The highest BCUT2D eigenvalue weighted by molar-refractivity contribution is 6.74. The highest BCUT2D eigenvalue weighted by atomic mass is 27.2. The zero-order valence-corrected chi connectivity index (χ0v) is 12.7. The fourth-order valence-electron chi connectivity index (χ4n) is 2.36. The van der Waals surface area contributed by atoms with Gasteiger partial charge in [0.15, 0.2) is 0 Å². The second-order valence-electron chi connectivity index (χ2n) is 4.72. The third-order valence-corrected chi connectivity index (χ3v) is 6.96. The zero-order chi connectivity index (χ0) is 12.5. The molecule has 1 aromatic rings. The molecule has 1 rings (SSSR count). The average Bonchev–Trinajstić information content (AvgIpc) is 2.39. The number of rotatable bonds is 8. The third-order valence-electron chi connectivity index (χ3n) is 3.39. The van der Waals surface area contributed by atoms with E-state index in [9.17, 15) is 0 Å². The Hall–Kier alpha value is -0.448. The molecule has 0 amide bonds. The Balaban J connectivity index is 2.78. The van der Waals surface area contributed by atoms with Gasteiger partial charge in [-0.25, -0.2) is 0 Å². The first-order chi connectivity index (χ1) is 8.33. The van der Waals surface area contributed by atoms with E-state index in [1.807, 2.05) is 0 Å². The molecule has 94 valence electrons. The van der Waals surface area contributed by atoms with Gasteiger partial charge in [0.2, 0.25) is 0 Å². The Morgan fingerprint density at radius 3 is 2.12 bits per heavy atom. The number of unbranched alkanes of at least 4 members (excludes halogenated alkanes) is 2. The summed E-state index contributed by atoms with van der Waals surface area (Å²) in [5, 5.41) is 2.85. The molecule has 0 saturated heterocycles. The predicted octanol–water partition coefficient (Wildman–Crippen LogP) is 4.00. The lowest BCUT2D eigenvalue weighted by molar-refractivity contribution is 0.418. The first-order valence-corrected chi connectivity index (χ1v) is 9.17. The van der Waals surface area contributed by atoms with E-state index in [4.69, 9.17) is 4.74 Å². The van der Waals surface area contributed by atoms with Crippen molar-refractivity contribution in [3.63, 3.8) is 0 Å². The van der Waals surface area contributed by atoms with Crippen LogP contribution in [0.1, 0.15) is 39.5 Å². The molecule has 0 radical (unpaired) electrons. The van der Waals surface area contributed by atoms with Crippen LogP contribution < -0.4 is 9.16 Å². The summed E-state index contributed by atoms with van der Waals surface area (Å²) in [5.74, 6) is 1.12. The molecule has 1 aromatic carbocycles. The minimum Gasteiger partial charge on any atom is -0.498 e. The lowest BCUT2D eigenvalue weighted by atomic mass is 10.3. The van der Waals surface area contributed by atoms with Crippen LogP contribution in [0.25, 0.3) is 0 Å². The van der Waals surface area contributed by atoms with Crippen LogP contribution in [0.2, 0.25) is 10.6 Å². The van der Waals surface area contributed by atoms with Crippen molar-refractivity contribution in [2.75, 3.05) is 7.11 Å². The number of para-hydroxylation sites is 1. The topological polar surface area (TPSA) is 9.23 Å². The van der Waals surface area contributed by atoms with Crippen LogP contribution in [-0.2, 0) is 0 Å². The molecule has 0 bridgehead atoms. The number of hydrogen-bond acceptors (Lipinski definition) is 1. The molecular weight excluding hydrogens is 223 g/mol. The number of benzene rings is 1. The molecule has 0 unspecified atom stereocenters. The van der Waals surface area contributed by atoms with Crippen LogP contribution in [0.4, 0.5) is 0 Å². The van der Waals surface area contributed by atoms with E-state index >= 15 is 0 Å². The quantitative estimate of drug-likeness (QED) is 0.632. The van der Waals surface area contributed by atoms with Crippen LogP contribution in [0.5, 0.6) is 5.75 Å². The molecule has 0 atom stereocenters. The van der Waals surface area contributed by atoms with Gasteiger partial charge in [0, 0.05) is 0 Å². The van der Waals surface area contributed by atoms with Crippen molar-refractivity contribution in [1.29, 1.82) is 0 Å². The summed E-state index contributed by atoms with van der Waals surface area (Å²) < 4.78 is 7.06. The number of ether oxygens (including phenoxy) is 1. The van der Waals surface area contributed by atoms with Gasteiger partial charge < -0.3 is 4.74 Å². The van der Waals surface area contributed by atoms with Crippen molar-refractivity contribution in [3.8, 4) is 5.75 Å². The van der Waals surface area contributed by atoms with Gasteiger partial charge in [0.1, 0.15) is 5.75 Å². The van der Waals surface area contributed by atoms with Crippen molar-refractivity contribution in [1.82, 2.24) is 0 Å². The van der Waals surface area contributed by atoms with Gasteiger partial charge in [-0.15, -0.1) is 0 Å². The van der Waals surface area contributed by atoms with E-state index in [0.29, 0.717) is 0 Å². The summed E-state index contributed by atoms with van der Waals surface area (Å²) in [4.78, 5) is 0. The smallest absolute Gasteiger partial charge is 0.311 e. The van der Waals surface area contributed by atoms with Gasteiger partial charge in [-0.2, -0.15) is 0 Å². The lowest BCUT2D eigenvalue weighted by Crippen LogP contribution is -2.30. The first-order valence-electron chi connectivity index (χ1n) is 6.96. The van der Waals surface area contributed by atoms with Gasteiger partial charge in [0.05, 0.1) is 7.11 Å². The van der Waals surface area contributed by atoms with E-state index in [1.54, 1.807) is 7.11 Å². The van der Waals surface area contributed by atoms with Gasteiger partial charge in [-0.3, -0.25) is 0 Å². The van der Waals surface area contributed by atoms with Gasteiger partial charge in [0.25, 0.3) is 0 Å². The minimum atomic E-state index is -0.809. The predicted molar refractivity (Wildman–Crippen MR) is 77.8 cm³/mol. The third kappa shape index (κ3) is 4.74. The summed E-state index contributed by atoms with van der Waals surface area (Å²) >= 11 is -0.809. The molecule has 0 saturated carbocycles. The SMILES string of the molecule is CCC[CH2][Al]([CH2]CCC)[c]1ccccc1OC. The molecule has 2 heteroatoms. The molecule has 1 nitrogen and oxygen atoms in total. The summed E-state index contributed by atoms with van der Waals surface area (Å²) in [5.41, 5.74) is 0. The maximum atomic E-state index is 5.52. The van der Waals surface area contributed by atoms with Crippen LogP contribution in [-0.4, -0.2) is 21.3 Å². The monoisotopic (exact) mass is 248 g/mol. The van der Waals surface area contributed by atoms with Crippen molar-refractivity contribution in [3.05, 3.63) is 24.3 Å². The van der Waals surface area contributed by atoms with Crippen LogP contribution in [0.15, 0.2) is 24.3 Å². The summed E-state index contributed by atoms with van der Waals surface area (Å²) in [7, 11) is 1.80. The summed E-state index contributed by atoms with van der Waals surface area (Å²) in [6.07, 6.45) is 5.37. The molecule has 0 aliphatic rings. The van der Waals surface area contributed by atoms with E-state index in [1.165, 1.54) is 40.7 Å². The van der Waals surface area contributed by atoms with E-state index in [2.05, 4.69) is 38.1 Å². The number of methoxy groups -OCH3 is 1. The average molecular weight is 248 g/mol. The molecule has 17 heavy (non-hydrogen) atoms. The van der Waals surface area contributed by atoms with E-state index in [0.717, 1.165) is 5.75 Å². The van der Waals surface area contributed by atoms with Crippen LogP contribution >= 0.6 is 0 Å². The van der Waals surface area contributed by atoms with E-state index in [-0.39, 0.29) is 0 Å². The maximum Gasteiger partial charge on any atom is 0.311 e. The molecule has 0 fully saturated rings. The van der Waals surface area contributed by atoms with Crippen molar-refractivity contribution in [2.24, 2.45) is 0 Å². The Bertz CT molecular complexity index is 304. The fraction of sp³-hybridized carbons (Fsp3) is 0.600. The Morgan fingerprint density at radius 2 is 1.59 bits per heavy atom. The normalized spacial score (nSPS) is 10.3. The Labute approximate surface area is 111 Å². The van der Waals surface area contributed by atoms with E-state index < -0.39 is 14.1 Å². The Kier molecular flexibility index (Phi) is 7.41. The largest absolute Gasteiger partial charge is 0.498 e. The molecule has 0 aliphatic carbocycles. The zero-order valence-electron chi connectivity index (χ0n) is 11.5. The Morgan fingerprint density at radius 1 is 1.00 bits per heavy atom. The molecular formula is C15H25AlO. The second kappa shape index (κ2) is 8.62. The molecule has 0 N–H and O–H groups in total. The lowest BCUT2D eigenvalue weighted by Gasteiger charge is -2.15. The molecule has 0 heterocycles. The summed E-state index contributed by atoms with van der Waals surface area (Å²) in [6.45, 7) is 4.57. The molecule has 0 spiro atoms. The van der Waals surface area contributed by atoms with Gasteiger partial charge in [-0.1, -0.05) is 72.7 Å². The standard InChI is InChI=1S/C7H7O.2C4H9.Al/c1-8-7-5-3-2-4-6-7;2*1-3-4-2;/h2-5H,1H3;2*1,3-4H2,2H3;. The fourth-order valence-corrected chi connectivity index (χ4v) is 6.07. The maximum absolute atomic E-state index is 5.52. The number of hydrogen-bond donors (Lipinski definition) is 0. The van der Waals surface area contributed by atoms with Crippen molar-refractivity contribution in [2.45, 2.75) is 50.1 Å². The van der Waals surface area contributed by atoms with Crippen LogP contribution in [0.3, 0.4) is 0 Å². The van der Waals surface area contributed by atoms with Gasteiger partial charge >= 0.3 is 14.1 Å². The van der Waals surface area contributed by atoms with Crippen LogP contribution in [0, 0.1) is 0 Å². The van der Waals surface area contributed by atoms with Gasteiger partial charge in [-0.05, 0) is 6.07 Å². The van der Waals surface area contributed by atoms with Crippen molar-refractivity contribution < 1.29 is 4.74 Å². The summed E-state index contributed by atoms with van der Waals surface area (Å²) in [6, 6.07) is 8.65. The second-order valence-corrected chi connectivity index (χ2v) is 7.89. The molecule has 0 aliphatic heterocycles.